The average molecular weight is 257 g/mol. The lowest BCUT2D eigenvalue weighted by atomic mass is 10.1. The van der Waals surface area contributed by atoms with Crippen molar-refractivity contribution in [3.8, 4) is 11.3 Å². The van der Waals surface area contributed by atoms with Crippen LogP contribution in [0.2, 0.25) is 0 Å². The third-order valence-corrected chi connectivity index (χ3v) is 3.39. The topological polar surface area (TPSA) is 42.2 Å². The highest BCUT2D eigenvalue weighted by Gasteiger charge is 2.17. The zero-order valence-corrected chi connectivity index (χ0v) is 11.6. The van der Waals surface area contributed by atoms with Gasteiger partial charge in [-0.25, -0.2) is 4.79 Å². The standard InChI is InChI=1S/C16H19NO2/c1-4-9-17-12(3)14(16(18)19)10-15(17)13-7-5-11(2)6-8-13/h5-8,10H,4,9H2,1-3H3,(H,18,19). The molecule has 0 bridgehead atoms. The number of carboxylic acid groups (broad SMARTS) is 1. The number of carboxylic acids is 1. The van der Waals surface area contributed by atoms with Crippen LogP contribution in [0.5, 0.6) is 0 Å². The summed E-state index contributed by atoms with van der Waals surface area (Å²) in [5, 5.41) is 9.25. The fourth-order valence-electron chi connectivity index (χ4n) is 2.34. The molecule has 2 aromatic rings. The molecule has 1 N–H and O–H groups in total. The van der Waals surface area contributed by atoms with E-state index in [1.54, 1.807) is 6.07 Å². The van der Waals surface area contributed by atoms with Gasteiger partial charge in [0.15, 0.2) is 0 Å². The molecule has 0 atom stereocenters. The zero-order valence-electron chi connectivity index (χ0n) is 11.6. The monoisotopic (exact) mass is 257 g/mol. The highest BCUT2D eigenvalue weighted by atomic mass is 16.4. The van der Waals surface area contributed by atoms with E-state index >= 15 is 0 Å². The molecule has 0 fully saturated rings. The zero-order chi connectivity index (χ0) is 14.0. The quantitative estimate of drug-likeness (QED) is 0.903. The number of carbonyl (C=O) groups is 1. The van der Waals surface area contributed by atoms with Crippen molar-refractivity contribution in [1.82, 2.24) is 4.57 Å². The van der Waals surface area contributed by atoms with Gasteiger partial charge in [-0.1, -0.05) is 36.8 Å². The fraction of sp³-hybridized carbons (Fsp3) is 0.312. The summed E-state index contributed by atoms with van der Waals surface area (Å²) in [6.07, 6.45) is 0.980. The van der Waals surface area contributed by atoms with Crippen molar-refractivity contribution in [2.24, 2.45) is 0 Å². The Morgan fingerprint density at radius 2 is 1.84 bits per heavy atom. The molecule has 1 heterocycles. The molecule has 0 saturated carbocycles. The molecule has 3 nitrogen and oxygen atoms in total. The first-order valence-corrected chi connectivity index (χ1v) is 6.55. The molecule has 0 radical (unpaired) electrons. The van der Waals surface area contributed by atoms with Crippen molar-refractivity contribution in [3.63, 3.8) is 0 Å². The Kier molecular flexibility index (Phi) is 3.74. The van der Waals surface area contributed by atoms with E-state index in [0.717, 1.165) is 29.9 Å². The second-order valence-electron chi connectivity index (χ2n) is 4.85. The maximum absolute atomic E-state index is 11.3. The van der Waals surface area contributed by atoms with Crippen LogP contribution in [-0.2, 0) is 6.54 Å². The van der Waals surface area contributed by atoms with Gasteiger partial charge in [0.05, 0.1) is 5.56 Å². The van der Waals surface area contributed by atoms with E-state index in [4.69, 9.17) is 0 Å². The molecule has 1 aromatic heterocycles. The lowest BCUT2D eigenvalue weighted by Crippen LogP contribution is -2.04. The molecule has 0 spiro atoms. The minimum absolute atomic E-state index is 0.393. The Bertz CT molecular complexity index is 594. The van der Waals surface area contributed by atoms with Crippen LogP contribution in [0.1, 0.15) is 35.0 Å². The minimum Gasteiger partial charge on any atom is -0.478 e. The summed E-state index contributed by atoms with van der Waals surface area (Å²) in [5.41, 5.74) is 4.47. The number of hydrogen-bond acceptors (Lipinski definition) is 1. The van der Waals surface area contributed by atoms with Gasteiger partial charge in [-0.2, -0.15) is 0 Å². The first-order valence-electron chi connectivity index (χ1n) is 6.55. The van der Waals surface area contributed by atoms with Crippen LogP contribution in [0.15, 0.2) is 30.3 Å². The molecule has 0 unspecified atom stereocenters. The molecule has 0 amide bonds. The Morgan fingerprint density at radius 3 is 2.37 bits per heavy atom. The van der Waals surface area contributed by atoms with Crippen LogP contribution in [0.25, 0.3) is 11.3 Å². The molecular formula is C16H19NO2. The second-order valence-corrected chi connectivity index (χ2v) is 4.85. The molecule has 0 aliphatic carbocycles. The van der Waals surface area contributed by atoms with Crippen LogP contribution in [0.3, 0.4) is 0 Å². The summed E-state index contributed by atoms with van der Waals surface area (Å²) in [7, 11) is 0. The molecule has 3 heteroatoms. The molecule has 100 valence electrons. The van der Waals surface area contributed by atoms with E-state index in [0.29, 0.717) is 5.56 Å². The number of aromatic carboxylic acids is 1. The van der Waals surface area contributed by atoms with E-state index in [1.165, 1.54) is 5.56 Å². The van der Waals surface area contributed by atoms with Gasteiger partial charge in [-0.3, -0.25) is 0 Å². The van der Waals surface area contributed by atoms with Crippen LogP contribution in [-0.4, -0.2) is 15.6 Å². The Morgan fingerprint density at radius 1 is 1.21 bits per heavy atom. The molecule has 19 heavy (non-hydrogen) atoms. The summed E-state index contributed by atoms with van der Waals surface area (Å²) in [6, 6.07) is 9.96. The first kappa shape index (κ1) is 13.4. The Labute approximate surface area is 113 Å². The normalized spacial score (nSPS) is 10.7. The van der Waals surface area contributed by atoms with Crippen molar-refractivity contribution in [1.29, 1.82) is 0 Å². The molecule has 0 aliphatic heterocycles. The van der Waals surface area contributed by atoms with Gasteiger partial charge < -0.3 is 9.67 Å². The summed E-state index contributed by atoms with van der Waals surface area (Å²) in [5.74, 6) is -0.860. The molecular weight excluding hydrogens is 238 g/mol. The predicted octanol–water partition coefficient (Wildman–Crippen LogP) is 3.88. The van der Waals surface area contributed by atoms with E-state index in [-0.39, 0.29) is 0 Å². The van der Waals surface area contributed by atoms with Gasteiger partial charge in [0.2, 0.25) is 0 Å². The van der Waals surface area contributed by atoms with Crippen molar-refractivity contribution < 1.29 is 9.90 Å². The highest BCUT2D eigenvalue weighted by molar-refractivity contribution is 5.91. The molecule has 0 saturated heterocycles. The molecule has 1 aromatic carbocycles. The molecule has 2 rings (SSSR count). The number of aryl methyl sites for hydroxylation is 1. The Balaban J connectivity index is 2.58. The lowest BCUT2D eigenvalue weighted by Gasteiger charge is -2.10. The third-order valence-electron chi connectivity index (χ3n) is 3.39. The van der Waals surface area contributed by atoms with Crippen molar-refractivity contribution in [2.45, 2.75) is 33.7 Å². The van der Waals surface area contributed by atoms with Gasteiger partial charge >= 0.3 is 5.97 Å². The number of aromatic nitrogens is 1. The van der Waals surface area contributed by atoms with Gasteiger partial charge in [0, 0.05) is 17.9 Å². The van der Waals surface area contributed by atoms with Crippen LogP contribution in [0.4, 0.5) is 0 Å². The van der Waals surface area contributed by atoms with Crippen LogP contribution in [0, 0.1) is 13.8 Å². The minimum atomic E-state index is -0.860. The average Bonchev–Trinajstić information content (AvgIpc) is 2.69. The second kappa shape index (κ2) is 5.31. The van der Waals surface area contributed by atoms with Gasteiger partial charge in [0.1, 0.15) is 0 Å². The maximum atomic E-state index is 11.3. The highest BCUT2D eigenvalue weighted by Crippen LogP contribution is 2.26. The SMILES string of the molecule is CCCn1c(-c2ccc(C)cc2)cc(C(=O)O)c1C. The van der Waals surface area contributed by atoms with E-state index in [2.05, 4.69) is 11.5 Å². The maximum Gasteiger partial charge on any atom is 0.337 e. The van der Waals surface area contributed by atoms with E-state index in [9.17, 15) is 9.90 Å². The summed E-state index contributed by atoms with van der Waals surface area (Å²) < 4.78 is 2.09. The summed E-state index contributed by atoms with van der Waals surface area (Å²) >= 11 is 0. The number of nitrogens with zero attached hydrogens (tertiary/aromatic N) is 1. The van der Waals surface area contributed by atoms with Gasteiger partial charge in [0.25, 0.3) is 0 Å². The smallest absolute Gasteiger partial charge is 0.337 e. The fourth-order valence-corrected chi connectivity index (χ4v) is 2.34. The van der Waals surface area contributed by atoms with E-state index < -0.39 is 5.97 Å². The number of hydrogen-bond donors (Lipinski definition) is 1. The van der Waals surface area contributed by atoms with Crippen LogP contribution < -0.4 is 0 Å². The summed E-state index contributed by atoms with van der Waals surface area (Å²) in [6.45, 7) is 6.85. The third kappa shape index (κ3) is 2.55. The first-order chi connectivity index (χ1) is 9.04. The number of benzene rings is 1. The van der Waals surface area contributed by atoms with Crippen molar-refractivity contribution in [3.05, 3.63) is 47.2 Å². The molecule has 0 aliphatic rings. The number of rotatable bonds is 4. The van der Waals surface area contributed by atoms with Crippen molar-refractivity contribution in [2.75, 3.05) is 0 Å². The van der Waals surface area contributed by atoms with Gasteiger partial charge in [-0.05, 0) is 31.9 Å². The summed E-state index contributed by atoms with van der Waals surface area (Å²) in [4.78, 5) is 11.3. The Hall–Kier alpha value is -2.03. The van der Waals surface area contributed by atoms with Gasteiger partial charge in [-0.15, -0.1) is 0 Å². The predicted molar refractivity (Wildman–Crippen MR) is 76.6 cm³/mol. The van der Waals surface area contributed by atoms with Crippen LogP contribution >= 0.6 is 0 Å². The van der Waals surface area contributed by atoms with E-state index in [1.807, 2.05) is 38.1 Å². The lowest BCUT2D eigenvalue weighted by molar-refractivity contribution is 0.0696. The van der Waals surface area contributed by atoms with Crippen molar-refractivity contribution >= 4 is 5.97 Å². The largest absolute Gasteiger partial charge is 0.478 e.